The molecule has 3 N–H and O–H groups in total. The average molecular weight is 260 g/mol. The monoisotopic (exact) mass is 260 g/mol. The topological polar surface area (TPSA) is 71.2 Å². The van der Waals surface area contributed by atoms with Crippen LogP contribution in [0.25, 0.3) is 0 Å². The molecular weight excluding hydrogens is 240 g/mol. The van der Waals surface area contributed by atoms with Crippen molar-refractivity contribution >= 4 is 11.7 Å². The molecule has 1 amide bonds. The lowest BCUT2D eigenvalue weighted by Crippen LogP contribution is -2.46. The Kier molecular flexibility index (Phi) is 3.14. The number of fused-ring (bicyclic) bond motifs is 1. The van der Waals surface area contributed by atoms with Crippen molar-refractivity contribution in [2.45, 2.75) is 31.8 Å². The highest BCUT2D eigenvalue weighted by atomic mass is 16.2. The van der Waals surface area contributed by atoms with Crippen molar-refractivity contribution in [3.63, 3.8) is 0 Å². The van der Waals surface area contributed by atoms with E-state index in [1.54, 1.807) is 6.20 Å². The van der Waals surface area contributed by atoms with Gasteiger partial charge in [0.15, 0.2) is 0 Å². The maximum Gasteiger partial charge on any atom is 0.225 e. The van der Waals surface area contributed by atoms with E-state index in [4.69, 9.17) is 5.73 Å². The Morgan fingerprint density at radius 2 is 2.42 bits per heavy atom. The Balaban J connectivity index is 1.95. The van der Waals surface area contributed by atoms with Crippen LogP contribution in [0.1, 0.15) is 31.4 Å². The van der Waals surface area contributed by atoms with Crippen molar-refractivity contribution in [3.8, 4) is 0 Å². The Bertz CT molecular complexity index is 488. The highest BCUT2D eigenvalue weighted by Gasteiger charge is 2.41. The van der Waals surface area contributed by atoms with Gasteiger partial charge in [-0.05, 0) is 25.8 Å². The summed E-state index contributed by atoms with van der Waals surface area (Å²) in [6.45, 7) is 3.64. The molecule has 1 aromatic rings. The van der Waals surface area contributed by atoms with Crippen LogP contribution in [-0.4, -0.2) is 30.0 Å². The molecule has 2 saturated heterocycles. The Morgan fingerprint density at radius 1 is 1.58 bits per heavy atom. The molecule has 19 heavy (non-hydrogen) atoms. The molecule has 3 rings (SSSR count). The molecule has 2 fully saturated rings. The van der Waals surface area contributed by atoms with Gasteiger partial charge in [-0.15, -0.1) is 0 Å². The van der Waals surface area contributed by atoms with Gasteiger partial charge in [-0.2, -0.15) is 0 Å². The molecule has 1 aromatic heterocycles. The Morgan fingerprint density at radius 3 is 3.21 bits per heavy atom. The van der Waals surface area contributed by atoms with Gasteiger partial charge in [0.2, 0.25) is 5.91 Å². The molecule has 5 nitrogen and oxygen atoms in total. The maximum absolute atomic E-state index is 11.8. The lowest BCUT2D eigenvalue weighted by atomic mass is 9.91. The highest BCUT2D eigenvalue weighted by Crippen LogP contribution is 2.33. The first-order valence-electron chi connectivity index (χ1n) is 6.93. The lowest BCUT2D eigenvalue weighted by Gasteiger charge is -2.38. The number of aromatic nitrogens is 1. The molecular formula is C14H20N4O. The summed E-state index contributed by atoms with van der Waals surface area (Å²) in [6, 6.07) is 4.13. The second-order valence-corrected chi connectivity index (χ2v) is 5.46. The van der Waals surface area contributed by atoms with Crippen molar-refractivity contribution in [1.82, 2.24) is 10.3 Å². The van der Waals surface area contributed by atoms with E-state index in [9.17, 15) is 4.79 Å². The minimum atomic E-state index is -0.0471. The first-order valence-corrected chi connectivity index (χ1v) is 6.93. The number of hydrogen-bond acceptors (Lipinski definition) is 4. The van der Waals surface area contributed by atoms with E-state index in [1.165, 1.54) is 0 Å². The number of carbonyl (C=O) groups excluding carboxylic acids is 1. The third kappa shape index (κ3) is 2.08. The van der Waals surface area contributed by atoms with Crippen LogP contribution in [0.4, 0.5) is 5.82 Å². The molecule has 0 bridgehead atoms. The molecule has 5 heteroatoms. The van der Waals surface area contributed by atoms with Crippen LogP contribution < -0.4 is 16.0 Å². The van der Waals surface area contributed by atoms with Gasteiger partial charge in [0.1, 0.15) is 5.82 Å². The van der Waals surface area contributed by atoms with E-state index in [-0.39, 0.29) is 23.9 Å². The number of anilines is 1. The van der Waals surface area contributed by atoms with Crippen molar-refractivity contribution in [2.75, 3.05) is 18.0 Å². The van der Waals surface area contributed by atoms with Crippen LogP contribution >= 0.6 is 0 Å². The summed E-state index contributed by atoms with van der Waals surface area (Å²) in [4.78, 5) is 18.6. The summed E-state index contributed by atoms with van der Waals surface area (Å²) in [6.07, 6.45) is 3.81. The van der Waals surface area contributed by atoms with E-state index >= 15 is 0 Å². The molecule has 3 atom stereocenters. The smallest absolute Gasteiger partial charge is 0.225 e. The number of pyridine rings is 1. The first kappa shape index (κ1) is 12.4. The summed E-state index contributed by atoms with van der Waals surface area (Å²) in [5.41, 5.74) is 7.09. The average Bonchev–Trinajstić information content (AvgIpc) is 2.81. The Hall–Kier alpha value is -1.62. The van der Waals surface area contributed by atoms with Crippen molar-refractivity contribution < 1.29 is 4.79 Å². The molecule has 2 aliphatic rings. The molecule has 0 aromatic carbocycles. The summed E-state index contributed by atoms with van der Waals surface area (Å²) in [7, 11) is 0. The number of nitrogens with two attached hydrogens (primary N) is 1. The van der Waals surface area contributed by atoms with E-state index in [1.807, 2.05) is 19.1 Å². The molecule has 0 radical (unpaired) electrons. The number of nitrogens with zero attached hydrogens (tertiary/aromatic N) is 2. The minimum absolute atomic E-state index is 0.0471. The molecule has 3 heterocycles. The number of piperidine rings is 1. The molecule has 102 valence electrons. The van der Waals surface area contributed by atoms with Gasteiger partial charge in [-0.3, -0.25) is 4.79 Å². The van der Waals surface area contributed by atoms with Crippen LogP contribution in [0.5, 0.6) is 0 Å². The number of amides is 1. The van der Waals surface area contributed by atoms with E-state index in [2.05, 4.69) is 15.2 Å². The highest BCUT2D eigenvalue weighted by molar-refractivity contribution is 5.83. The minimum Gasteiger partial charge on any atom is -0.354 e. The molecule has 0 spiro atoms. The molecule has 2 unspecified atom stereocenters. The van der Waals surface area contributed by atoms with Gasteiger partial charge in [0.05, 0.1) is 12.0 Å². The second-order valence-electron chi connectivity index (χ2n) is 5.46. The fourth-order valence-corrected chi connectivity index (χ4v) is 3.22. The van der Waals surface area contributed by atoms with Crippen LogP contribution in [0.3, 0.4) is 0 Å². The van der Waals surface area contributed by atoms with Crippen molar-refractivity contribution in [3.05, 3.63) is 23.9 Å². The standard InChI is InChI=1S/C14H20N4O/c1-9(15)10-4-2-6-16-13(10)18-7-3-5-11-12(18)8-17-14(11)19/h2,4,6,9,11-12H,3,5,7-8,15H2,1H3,(H,17,19)/t9-,11?,12?/m1/s1. The molecule has 0 aliphatic carbocycles. The van der Waals surface area contributed by atoms with Crippen molar-refractivity contribution in [2.24, 2.45) is 11.7 Å². The first-order chi connectivity index (χ1) is 9.18. The zero-order valence-corrected chi connectivity index (χ0v) is 11.2. The fraction of sp³-hybridized carbons (Fsp3) is 0.571. The number of hydrogen-bond donors (Lipinski definition) is 2. The van der Waals surface area contributed by atoms with Crippen LogP contribution in [0, 0.1) is 5.92 Å². The number of rotatable bonds is 2. The maximum atomic E-state index is 11.8. The van der Waals surface area contributed by atoms with Crippen molar-refractivity contribution in [1.29, 1.82) is 0 Å². The predicted molar refractivity (Wildman–Crippen MR) is 73.7 cm³/mol. The van der Waals surface area contributed by atoms with Crippen LogP contribution in [0.2, 0.25) is 0 Å². The van der Waals surface area contributed by atoms with Gasteiger partial charge < -0.3 is 16.0 Å². The molecule has 0 saturated carbocycles. The molecule has 2 aliphatic heterocycles. The summed E-state index contributed by atoms with van der Waals surface area (Å²) in [5.74, 6) is 1.24. The summed E-state index contributed by atoms with van der Waals surface area (Å²) in [5, 5.41) is 2.97. The van der Waals surface area contributed by atoms with E-state index in [0.717, 1.165) is 37.3 Å². The zero-order chi connectivity index (χ0) is 13.4. The van der Waals surface area contributed by atoms with Gasteiger partial charge in [0, 0.05) is 30.9 Å². The quantitative estimate of drug-likeness (QED) is 0.825. The van der Waals surface area contributed by atoms with Gasteiger partial charge in [-0.1, -0.05) is 6.07 Å². The third-order valence-corrected chi connectivity index (χ3v) is 4.18. The zero-order valence-electron chi connectivity index (χ0n) is 11.2. The van der Waals surface area contributed by atoms with Gasteiger partial charge in [-0.25, -0.2) is 4.98 Å². The predicted octanol–water partition coefficient (Wildman–Crippen LogP) is 0.816. The third-order valence-electron chi connectivity index (χ3n) is 4.18. The van der Waals surface area contributed by atoms with E-state index in [0.29, 0.717) is 0 Å². The van der Waals surface area contributed by atoms with Gasteiger partial charge in [0.25, 0.3) is 0 Å². The number of nitrogens with one attached hydrogen (secondary N) is 1. The summed E-state index contributed by atoms with van der Waals surface area (Å²) >= 11 is 0. The second kappa shape index (κ2) is 4.81. The van der Waals surface area contributed by atoms with E-state index < -0.39 is 0 Å². The van der Waals surface area contributed by atoms with Crippen LogP contribution in [-0.2, 0) is 4.79 Å². The van der Waals surface area contributed by atoms with Gasteiger partial charge >= 0.3 is 0 Å². The lowest BCUT2D eigenvalue weighted by molar-refractivity contribution is -0.122. The fourth-order valence-electron chi connectivity index (χ4n) is 3.22. The SMILES string of the molecule is C[C@@H](N)c1cccnc1N1CCCC2C(=O)NCC21. The summed E-state index contributed by atoms with van der Waals surface area (Å²) < 4.78 is 0. The largest absolute Gasteiger partial charge is 0.354 e. The number of carbonyl (C=O) groups is 1. The van der Waals surface area contributed by atoms with Crippen LogP contribution in [0.15, 0.2) is 18.3 Å². The normalized spacial score (nSPS) is 27.9. The Labute approximate surface area is 113 Å².